The van der Waals surface area contributed by atoms with Gasteiger partial charge in [-0.15, -0.1) is 0 Å². The number of carbonyl (C=O) groups excluding carboxylic acids is 1. The maximum atomic E-state index is 12.0. The van der Waals surface area contributed by atoms with Crippen molar-refractivity contribution in [3.05, 3.63) is 47.1 Å². The minimum Gasteiger partial charge on any atom is -0.507 e. The lowest BCUT2D eigenvalue weighted by Gasteiger charge is -2.30. The van der Waals surface area contributed by atoms with Crippen molar-refractivity contribution < 1.29 is 24.9 Å². The molecule has 1 aliphatic rings. The third kappa shape index (κ3) is 3.67. The Morgan fingerprint density at radius 2 is 1.88 bits per heavy atom. The van der Waals surface area contributed by atoms with Crippen LogP contribution in [0.4, 0.5) is 0 Å². The molecule has 2 atom stereocenters. The monoisotopic (exact) mass is 330 g/mol. The van der Waals surface area contributed by atoms with Crippen LogP contribution >= 0.6 is 0 Å². The third-order valence-corrected chi connectivity index (χ3v) is 4.50. The molecule has 0 radical (unpaired) electrons. The predicted octanol–water partition coefficient (Wildman–Crippen LogP) is 3.31. The first-order valence-electron chi connectivity index (χ1n) is 7.84. The van der Waals surface area contributed by atoms with Crippen molar-refractivity contribution in [3.8, 4) is 11.5 Å². The van der Waals surface area contributed by atoms with Crippen LogP contribution in [0.5, 0.6) is 11.5 Å². The van der Waals surface area contributed by atoms with Crippen molar-refractivity contribution in [2.24, 2.45) is 5.92 Å². The molecule has 2 rings (SSSR count). The molecule has 24 heavy (non-hydrogen) atoms. The van der Waals surface area contributed by atoms with E-state index in [0.717, 1.165) is 5.57 Å². The summed E-state index contributed by atoms with van der Waals surface area (Å²) in [5, 5.41) is 29.5. The zero-order chi connectivity index (χ0) is 18.0. The highest BCUT2D eigenvalue weighted by atomic mass is 16.4. The number of hydrogen-bond acceptors (Lipinski definition) is 4. The highest BCUT2D eigenvalue weighted by molar-refractivity contribution is 5.96. The van der Waals surface area contributed by atoms with E-state index in [-0.39, 0.29) is 42.0 Å². The second-order valence-electron chi connectivity index (χ2n) is 6.40. The van der Waals surface area contributed by atoms with Crippen LogP contribution < -0.4 is 0 Å². The largest absolute Gasteiger partial charge is 0.507 e. The number of phenolic OH excluding ortho intramolecular Hbond substituents is 2. The fraction of sp³-hybridized carbons (Fsp3) is 0.368. The molecule has 0 fully saturated rings. The van der Waals surface area contributed by atoms with E-state index >= 15 is 0 Å². The number of rotatable bonds is 5. The van der Waals surface area contributed by atoms with E-state index < -0.39 is 5.97 Å². The number of hydrogen-bond donors (Lipinski definition) is 3. The standard InChI is InChI=1S/C19H22O5/c1-10(2)13-9-15(20)11(3)6-14(13)19-16(21)7-12(8-17(19)22)4-5-18(23)24/h6-8,13-14,21-22H,1,4-5,9H2,2-3H3,(H,23,24)/t13-,14+/m0/s1. The fourth-order valence-electron chi connectivity index (χ4n) is 3.15. The summed E-state index contributed by atoms with van der Waals surface area (Å²) in [6.07, 6.45) is 2.20. The van der Waals surface area contributed by atoms with Gasteiger partial charge in [-0.05, 0) is 49.5 Å². The van der Waals surface area contributed by atoms with Crippen LogP contribution in [0.3, 0.4) is 0 Å². The molecule has 0 bridgehead atoms. The first-order valence-corrected chi connectivity index (χ1v) is 7.84. The number of Topliss-reactive ketones (excluding diaryl/α,β-unsaturated/α-hetero) is 1. The fourth-order valence-corrected chi connectivity index (χ4v) is 3.15. The lowest BCUT2D eigenvalue weighted by Crippen LogP contribution is -2.23. The second kappa shape index (κ2) is 6.91. The Balaban J connectivity index is 2.44. The van der Waals surface area contributed by atoms with Gasteiger partial charge in [-0.3, -0.25) is 9.59 Å². The Bertz CT molecular complexity index is 706. The van der Waals surface area contributed by atoms with E-state index in [4.69, 9.17) is 5.11 Å². The Kier molecular flexibility index (Phi) is 5.12. The average molecular weight is 330 g/mol. The number of phenols is 2. The van der Waals surface area contributed by atoms with Crippen LogP contribution in [0.2, 0.25) is 0 Å². The molecule has 5 nitrogen and oxygen atoms in total. The van der Waals surface area contributed by atoms with Gasteiger partial charge in [0.05, 0.1) is 0 Å². The van der Waals surface area contributed by atoms with Gasteiger partial charge in [0, 0.05) is 24.3 Å². The quantitative estimate of drug-likeness (QED) is 0.720. The maximum Gasteiger partial charge on any atom is 0.303 e. The van der Waals surface area contributed by atoms with Crippen LogP contribution in [0.25, 0.3) is 0 Å². The zero-order valence-corrected chi connectivity index (χ0v) is 13.9. The number of aliphatic carboxylic acids is 1. The number of aromatic hydroxyl groups is 2. The number of ketones is 1. The molecule has 1 aromatic carbocycles. The molecule has 1 aliphatic carbocycles. The topological polar surface area (TPSA) is 94.8 Å². The van der Waals surface area contributed by atoms with Crippen LogP contribution in [0.1, 0.15) is 43.7 Å². The zero-order valence-electron chi connectivity index (χ0n) is 13.9. The molecule has 0 spiro atoms. The predicted molar refractivity (Wildman–Crippen MR) is 90.2 cm³/mol. The SMILES string of the molecule is C=C(C)[C@@H]1CC(=O)C(C)=C[C@H]1c1c(O)cc(CCC(=O)O)cc1O. The van der Waals surface area contributed by atoms with Gasteiger partial charge in [-0.1, -0.05) is 18.2 Å². The molecular weight excluding hydrogens is 308 g/mol. The van der Waals surface area contributed by atoms with Gasteiger partial charge in [-0.2, -0.15) is 0 Å². The number of carboxylic acids is 1. The smallest absolute Gasteiger partial charge is 0.303 e. The summed E-state index contributed by atoms with van der Waals surface area (Å²) in [5.41, 5.74) is 2.32. The molecule has 0 saturated heterocycles. The van der Waals surface area contributed by atoms with E-state index in [9.17, 15) is 19.8 Å². The maximum absolute atomic E-state index is 12.0. The minimum absolute atomic E-state index is 0.0382. The van der Waals surface area contributed by atoms with Crippen molar-refractivity contribution in [2.75, 3.05) is 0 Å². The second-order valence-corrected chi connectivity index (χ2v) is 6.40. The minimum atomic E-state index is -0.940. The molecule has 128 valence electrons. The number of carbonyl (C=O) groups is 2. The van der Waals surface area contributed by atoms with Crippen molar-refractivity contribution in [3.63, 3.8) is 0 Å². The molecular formula is C19H22O5. The summed E-state index contributed by atoms with van der Waals surface area (Å²) < 4.78 is 0. The van der Waals surface area contributed by atoms with Crippen LogP contribution in [0.15, 0.2) is 35.9 Å². The third-order valence-electron chi connectivity index (χ3n) is 4.50. The van der Waals surface area contributed by atoms with Crippen molar-refractivity contribution in [2.45, 2.75) is 39.0 Å². The number of carboxylic acid groups (broad SMARTS) is 1. The molecule has 3 N–H and O–H groups in total. The molecule has 0 amide bonds. The van der Waals surface area contributed by atoms with E-state index in [1.807, 2.05) is 6.92 Å². The highest BCUT2D eigenvalue weighted by Crippen LogP contribution is 2.45. The van der Waals surface area contributed by atoms with Crippen LogP contribution in [-0.4, -0.2) is 27.1 Å². The van der Waals surface area contributed by atoms with Gasteiger partial charge >= 0.3 is 5.97 Å². The first kappa shape index (κ1) is 17.8. The number of benzene rings is 1. The summed E-state index contributed by atoms with van der Waals surface area (Å²) in [4.78, 5) is 22.6. The van der Waals surface area contributed by atoms with Gasteiger partial charge in [-0.25, -0.2) is 0 Å². The number of allylic oxidation sites excluding steroid dienone is 3. The van der Waals surface area contributed by atoms with Gasteiger partial charge in [0.2, 0.25) is 0 Å². The molecule has 0 heterocycles. The van der Waals surface area contributed by atoms with Gasteiger partial charge in [0.25, 0.3) is 0 Å². The summed E-state index contributed by atoms with van der Waals surface area (Å²) >= 11 is 0. The lowest BCUT2D eigenvalue weighted by molar-refractivity contribution is -0.137. The average Bonchev–Trinajstić information content (AvgIpc) is 2.47. The molecule has 0 aliphatic heterocycles. The Morgan fingerprint density at radius 1 is 1.29 bits per heavy atom. The Morgan fingerprint density at radius 3 is 2.38 bits per heavy atom. The van der Waals surface area contributed by atoms with Crippen LogP contribution in [0, 0.1) is 5.92 Å². The van der Waals surface area contributed by atoms with Crippen molar-refractivity contribution in [1.29, 1.82) is 0 Å². The number of aryl methyl sites for hydroxylation is 1. The molecule has 0 unspecified atom stereocenters. The lowest BCUT2D eigenvalue weighted by atomic mass is 9.73. The van der Waals surface area contributed by atoms with E-state index in [1.165, 1.54) is 12.1 Å². The summed E-state index contributed by atoms with van der Waals surface area (Å²) in [7, 11) is 0. The van der Waals surface area contributed by atoms with E-state index in [0.29, 0.717) is 23.1 Å². The first-order chi connectivity index (χ1) is 11.2. The normalized spacial score (nSPS) is 20.6. The van der Waals surface area contributed by atoms with Gasteiger partial charge in [0.1, 0.15) is 11.5 Å². The Labute approximate surface area is 140 Å². The molecule has 0 saturated carbocycles. The van der Waals surface area contributed by atoms with E-state index in [1.54, 1.807) is 13.0 Å². The highest BCUT2D eigenvalue weighted by Gasteiger charge is 2.33. The molecule has 5 heteroatoms. The summed E-state index contributed by atoms with van der Waals surface area (Å²) in [6, 6.07) is 2.96. The summed E-state index contributed by atoms with van der Waals surface area (Å²) in [5.74, 6) is -1.62. The molecule has 1 aromatic rings. The van der Waals surface area contributed by atoms with Crippen molar-refractivity contribution >= 4 is 11.8 Å². The van der Waals surface area contributed by atoms with Crippen LogP contribution in [-0.2, 0) is 16.0 Å². The van der Waals surface area contributed by atoms with Gasteiger partial charge in [0.15, 0.2) is 5.78 Å². The van der Waals surface area contributed by atoms with E-state index in [2.05, 4.69) is 6.58 Å². The van der Waals surface area contributed by atoms with Crippen molar-refractivity contribution in [1.82, 2.24) is 0 Å². The van der Waals surface area contributed by atoms with Gasteiger partial charge < -0.3 is 15.3 Å². The molecule has 0 aromatic heterocycles. The summed E-state index contributed by atoms with van der Waals surface area (Å²) in [6.45, 7) is 7.48. The Hall–Kier alpha value is -2.56.